The number of piperidine rings is 1. The molecule has 7 nitrogen and oxygen atoms in total. The monoisotopic (exact) mass is 537 g/mol. The van der Waals surface area contributed by atoms with E-state index >= 15 is 0 Å². The molecule has 3 heterocycles. The van der Waals surface area contributed by atoms with Crippen LogP contribution in [0.3, 0.4) is 0 Å². The van der Waals surface area contributed by atoms with Gasteiger partial charge in [0.2, 0.25) is 11.7 Å². The molecular formula is C26H23N3O4S3. The number of amides is 1. The normalized spacial score (nSPS) is 16.5. The molecule has 184 valence electrons. The molecule has 1 saturated heterocycles. The van der Waals surface area contributed by atoms with Crippen LogP contribution in [0.4, 0.5) is 5.13 Å². The molecule has 2 aromatic heterocycles. The predicted octanol–water partition coefficient (Wildman–Crippen LogP) is 5.14. The van der Waals surface area contributed by atoms with Gasteiger partial charge >= 0.3 is 0 Å². The van der Waals surface area contributed by atoms with Crippen LogP contribution in [0.15, 0.2) is 82.4 Å². The molecule has 1 fully saturated rings. The number of ketones is 1. The minimum absolute atomic E-state index is 0.110. The Bertz CT molecular complexity index is 1470. The molecule has 1 amide bonds. The van der Waals surface area contributed by atoms with Gasteiger partial charge in [-0.1, -0.05) is 78.1 Å². The van der Waals surface area contributed by atoms with E-state index < -0.39 is 15.9 Å². The molecular weight excluding hydrogens is 515 g/mol. The lowest BCUT2D eigenvalue weighted by molar-refractivity contribution is -0.120. The molecule has 1 unspecified atom stereocenters. The smallest absolute Gasteiger partial charge is 0.252 e. The molecule has 2 aromatic carbocycles. The van der Waals surface area contributed by atoms with Crippen LogP contribution in [0.1, 0.15) is 28.1 Å². The number of thiazole rings is 1. The number of nitrogens with one attached hydrogen (secondary N) is 1. The van der Waals surface area contributed by atoms with Gasteiger partial charge in [-0.2, -0.15) is 4.31 Å². The van der Waals surface area contributed by atoms with Crippen molar-refractivity contribution in [2.45, 2.75) is 17.1 Å². The van der Waals surface area contributed by atoms with Crippen LogP contribution in [0.2, 0.25) is 0 Å². The number of nitrogens with zero attached hydrogens (tertiary/aromatic N) is 2. The van der Waals surface area contributed by atoms with Gasteiger partial charge in [-0.25, -0.2) is 13.4 Å². The van der Waals surface area contributed by atoms with Crippen LogP contribution >= 0.6 is 22.7 Å². The number of aromatic nitrogens is 1. The first-order valence-corrected chi connectivity index (χ1v) is 14.6. The second-order valence-corrected chi connectivity index (χ2v) is 12.5. The maximum Gasteiger partial charge on any atom is 0.252 e. The summed E-state index contributed by atoms with van der Waals surface area (Å²) in [5, 5.41) is 4.89. The Morgan fingerprint density at radius 1 is 0.972 bits per heavy atom. The molecule has 1 aliphatic heterocycles. The van der Waals surface area contributed by atoms with E-state index in [1.54, 1.807) is 41.8 Å². The third-order valence-corrected chi connectivity index (χ3v) is 10.2. The Labute approximate surface area is 217 Å². The zero-order chi connectivity index (χ0) is 25.1. The zero-order valence-electron chi connectivity index (χ0n) is 19.2. The van der Waals surface area contributed by atoms with Gasteiger partial charge in [0.15, 0.2) is 5.13 Å². The largest absolute Gasteiger partial charge is 0.302 e. The van der Waals surface area contributed by atoms with Crippen molar-refractivity contribution in [1.82, 2.24) is 9.29 Å². The Morgan fingerprint density at radius 2 is 1.69 bits per heavy atom. The van der Waals surface area contributed by atoms with Crippen LogP contribution in [0.5, 0.6) is 0 Å². The van der Waals surface area contributed by atoms with E-state index in [0.717, 1.165) is 16.9 Å². The second-order valence-electron chi connectivity index (χ2n) is 8.38. The highest BCUT2D eigenvalue weighted by Gasteiger charge is 2.34. The minimum Gasteiger partial charge on any atom is -0.302 e. The van der Waals surface area contributed by atoms with Crippen molar-refractivity contribution >= 4 is 49.5 Å². The molecule has 1 N–H and O–H groups in total. The minimum atomic E-state index is -3.62. The van der Waals surface area contributed by atoms with E-state index in [1.807, 2.05) is 36.4 Å². The van der Waals surface area contributed by atoms with Crippen molar-refractivity contribution in [2.75, 3.05) is 18.4 Å². The van der Waals surface area contributed by atoms with Crippen molar-refractivity contribution in [3.8, 4) is 11.3 Å². The summed E-state index contributed by atoms with van der Waals surface area (Å²) < 4.78 is 27.6. The SMILES string of the molecule is O=C(c1ccccc1)c1sc(NC(=O)C2CCCN(S(=O)(=O)c3cccs3)C2)nc1-c1ccccc1. The highest BCUT2D eigenvalue weighted by Crippen LogP contribution is 2.34. The highest BCUT2D eigenvalue weighted by atomic mass is 32.2. The van der Waals surface area contributed by atoms with E-state index in [4.69, 9.17) is 0 Å². The number of hydrogen-bond donors (Lipinski definition) is 1. The second kappa shape index (κ2) is 10.4. The molecule has 36 heavy (non-hydrogen) atoms. The first-order valence-electron chi connectivity index (χ1n) is 11.4. The maximum absolute atomic E-state index is 13.3. The summed E-state index contributed by atoms with van der Waals surface area (Å²) in [6.45, 7) is 0.494. The van der Waals surface area contributed by atoms with Crippen molar-refractivity contribution < 1.29 is 18.0 Å². The summed E-state index contributed by atoms with van der Waals surface area (Å²) >= 11 is 2.30. The summed E-state index contributed by atoms with van der Waals surface area (Å²) in [6.07, 6.45) is 1.17. The van der Waals surface area contributed by atoms with Gasteiger partial charge in [-0.15, -0.1) is 11.3 Å². The van der Waals surface area contributed by atoms with Gasteiger partial charge in [0.05, 0.1) is 11.6 Å². The van der Waals surface area contributed by atoms with E-state index in [-0.39, 0.29) is 22.4 Å². The number of carbonyl (C=O) groups is 2. The first kappa shape index (κ1) is 24.5. The number of rotatable bonds is 7. The third-order valence-electron chi connectivity index (χ3n) is 5.99. The Morgan fingerprint density at radius 3 is 2.39 bits per heavy atom. The maximum atomic E-state index is 13.3. The lowest BCUT2D eigenvalue weighted by atomic mass is 9.99. The fraction of sp³-hybridized carbons (Fsp3) is 0.192. The zero-order valence-corrected chi connectivity index (χ0v) is 21.6. The summed E-state index contributed by atoms with van der Waals surface area (Å²) in [6, 6.07) is 21.6. The van der Waals surface area contributed by atoms with Gasteiger partial charge < -0.3 is 5.32 Å². The van der Waals surface area contributed by atoms with E-state index in [9.17, 15) is 18.0 Å². The molecule has 0 radical (unpaired) electrons. The Kier molecular flexibility index (Phi) is 7.10. The summed E-state index contributed by atoms with van der Waals surface area (Å²) in [7, 11) is -3.62. The lowest BCUT2D eigenvalue weighted by Crippen LogP contribution is -2.43. The topological polar surface area (TPSA) is 96.4 Å². The molecule has 0 saturated carbocycles. The molecule has 4 aromatic rings. The molecule has 10 heteroatoms. The van der Waals surface area contributed by atoms with Crippen LogP contribution in [0, 0.1) is 5.92 Å². The number of benzene rings is 2. The van der Waals surface area contributed by atoms with Crippen molar-refractivity contribution in [3.05, 3.63) is 88.6 Å². The summed E-state index contributed by atoms with van der Waals surface area (Å²) in [5.41, 5.74) is 1.83. The highest BCUT2D eigenvalue weighted by molar-refractivity contribution is 7.91. The molecule has 1 aliphatic rings. The third kappa shape index (κ3) is 5.03. The van der Waals surface area contributed by atoms with Gasteiger partial charge in [0.1, 0.15) is 9.09 Å². The molecule has 5 rings (SSSR count). The Balaban J connectivity index is 1.39. The van der Waals surface area contributed by atoms with Crippen molar-refractivity contribution in [2.24, 2.45) is 5.92 Å². The van der Waals surface area contributed by atoms with E-state index in [0.29, 0.717) is 40.7 Å². The number of sulfonamides is 1. The van der Waals surface area contributed by atoms with Crippen LogP contribution in [-0.2, 0) is 14.8 Å². The number of thiophene rings is 1. The quantitative estimate of drug-likeness (QED) is 0.329. The Hall–Kier alpha value is -3.18. The fourth-order valence-corrected chi connectivity index (χ4v) is 7.78. The predicted molar refractivity (Wildman–Crippen MR) is 142 cm³/mol. The number of carbonyl (C=O) groups excluding carboxylic acids is 2. The first-order chi connectivity index (χ1) is 17.4. The molecule has 0 spiro atoms. The molecule has 0 aliphatic carbocycles. The van der Waals surface area contributed by atoms with Gasteiger partial charge in [-0.05, 0) is 24.3 Å². The number of anilines is 1. The van der Waals surface area contributed by atoms with E-state index in [2.05, 4.69) is 10.3 Å². The van der Waals surface area contributed by atoms with E-state index in [1.165, 1.54) is 15.6 Å². The standard InChI is InChI=1S/C26H23N3O4S3/c30-23(19-11-5-2-6-12-19)24-22(18-9-3-1-4-10-18)27-26(35-24)28-25(31)20-13-7-15-29(17-20)36(32,33)21-14-8-16-34-21/h1-6,8-12,14,16,20H,7,13,15,17H2,(H,27,28,31). The van der Waals surface area contributed by atoms with Gasteiger partial charge in [0.25, 0.3) is 10.0 Å². The fourth-order valence-electron chi connectivity index (χ4n) is 4.16. The van der Waals surface area contributed by atoms with Crippen molar-refractivity contribution in [3.63, 3.8) is 0 Å². The molecule has 0 bridgehead atoms. The van der Waals surface area contributed by atoms with Crippen LogP contribution in [-0.4, -0.2) is 42.5 Å². The molecule has 1 atom stereocenters. The average molecular weight is 538 g/mol. The van der Waals surface area contributed by atoms with Gasteiger partial charge in [-0.3, -0.25) is 9.59 Å². The van der Waals surface area contributed by atoms with Crippen LogP contribution < -0.4 is 5.32 Å². The van der Waals surface area contributed by atoms with Crippen molar-refractivity contribution in [1.29, 1.82) is 0 Å². The van der Waals surface area contributed by atoms with Crippen LogP contribution in [0.25, 0.3) is 11.3 Å². The van der Waals surface area contributed by atoms with Gasteiger partial charge in [0, 0.05) is 24.2 Å². The lowest BCUT2D eigenvalue weighted by Gasteiger charge is -2.30. The summed E-state index contributed by atoms with van der Waals surface area (Å²) in [5.74, 6) is -0.975. The summed E-state index contributed by atoms with van der Waals surface area (Å²) in [4.78, 5) is 31.5. The number of hydrogen-bond acceptors (Lipinski definition) is 7. The average Bonchev–Trinajstić information content (AvgIpc) is 3.61.